The lowest BCUT2D eigenvalue weighted by Gasteiger charge is -2.62. The van der Waals surface area contributed by atoms with E-state index in [2.05, 4.69) is 32.2 Å². The number of rotatable bonds is 2. The van der Waals surface area contributed by atoms with Crippen LogP contribution in [0.2, 0.25) is 0 Å². The number of benzene rings is 1. The highest BCUT2D eigenvalue weighted by molar-refractivity contribution is 5.57. The van der Waals surface area contributed by atoms with Crippen molar-refractivity contribution in [2.24, 2.45) is 23.2 Å². The van der Waals surface area contributed by atoms with E-state index < -0.39 is 0 Å². The Hall–Kier alpha value is -1.49. The molecular weight excluding hydrogens is 232 g/mol. The van der Waals surface area contributed by atoms with Crippen molar-refractivity contribution in [3.63, 3.8) is 0 Å². The monoisotopic (exact) mass is 254 g/mol. The predicted octanol–water partition coefficient (Wildman–Crippen LogP) is 4.04. The van der Waals surface area contributed by atoms with Gasteiger partial charge < -0.3 is 5.32 Å². The maximum absolute atomic E-state index is 9.17. The molecule has 3 fully saturated rings. The summed E-state index contributed by atoms with van der Waals surface area (Å²) < 4.78 is 0. The van der Waals surface area contributed by atoms with E-state index in [0.29, 0.717) is 17.4 Å². The molecule has 0 spiro atoms. The van der Waals surface area contributed by atoms with Crippen molar-refractivity contribution in [1.82, 2.24) is 0 Å². The minimum Gasteiger partial charge on any atom is -0.381 e. The van der Waals surface area contributed by atoms with Crippen LogP contribution in [0.3, 0.4) is 0 Å². The predicted molar refractivity (Wildman–Crippen MR) is 77.7 cm³/mol. The summed E-state index contributed by atoms with van der Waals surface area (Å²) in [6.07, 6.45) is 2.64. The van der Waals surface area contributed by atoms with Gasteiger partial charge in [0.1, 0.15) is 6.07 Å². The first kappa shape index (κ1) is 12.5. The Labute approximate surface area is 115 Å². The summed E-state index contributed by atoms with van der Waals surface area (Å²) in [6.45, 7) is 7.21. The van der Waals surface area contributed by atoms with Crippen molar-refractivity contribution >= 4 is 5.69 Å². The average Bonchev–Trinajstić information content (AvgIpc) is 2.41. The largest absolute Gasteiger partial charge is 0.381 e. The number of anilines is 1. The van der Waals surface area contributed by atoms with Gasteiger partial charge in [-0.1, -0.05) is 32.9 Å². The molecule has 19 heavy (non-hydrogen) atoms. The summed E-state index contributed by atoms with van der Waals surface area (Å²) in [5.41, 5.74) is 2.28. The smallest absolute Gasteiger partial charge is 0.101 e. The molecule has 2 nitrogen and oxygen atoms in total. The van der Waals surface area contributed by atoms with E-state index in [4.69, 9.17) is 5.26 Å². The van der Waals surface area contributed by atoms with Crippen LogP contribution in [0.1, 0.15) is 39.2 Å². The van der Waals surface area contributed by atoms with Crippen LogP contribution in [-0.2, 0) is 0 Å². The quantitative estimate of drug-likeness (QED) is 0.864. The molecule has 0 amide bonds. The molecule has 2 bridgehead atoms. The first-order chi connectivity index (χ1) is 9.04. The van der Waals surface area contributed by atoms with Gasteiger partial charge in [-0.3, -0.25) is 0 Å². The zero-order valence-corrected chi connectivity index (χ0v) is 12.0. The third kappa shape index (κ3) is 1.84. The molecule has 0 aromatic heterocycles. The molecule has 1 aromatic rings. The SMILES string of the molecule is C[C@H]1[C@@H](Nc2ccccc2C#N)C[C@H]2C[C@H]1C2(C)C. The van der Waals surface area contributed by atoms with Gasteiger partial charge in [-0.25, -0.2) is 0 Å². The number of hydrogen-bond acceptors (Lipinski definition) is 2. The van der Waals surface area contributed by atoms with E-state index in [9.17, 15) is 0 Å². The highest BCUT2D eigenvalue weighted by Crippen LogP contribution is 2.61. The summed E-state index contributed by atoms with van der Waals surface area (Å²) in [5, 5.41) is 12.8. The molecule has 0 radical (unpaired) electrons. The van der Waals surface area contributed by atoms with Crippen LogP contribution in [0.4, 0.5) is 5.69 Å². The lowest BCUT2D eigenvalue weighted by molar-refractivity contribution is -0.105. The topological polar surface area (TPSA) is 35.8 Å². The maximum atomic E-state index is 9.17. The number of nitrogens with one attached hydrogen (secondary N) is 1. The standard InChI is InChI=1S/C17H22N2/c1-11-14-8-13(17(14,2)3)9-16(11)19-15-7-5-4-6-12(15)10-18/h4-7,11,13-14,16,19H,8-9H2,1-3H3/t11-,13-,14-,16+/m1/s1. The fourth-order valence-electron chi connectivity index (χ4n) is 4.25. The van der Waals surface area contributed by atoms with Crippen molar-refractivity contribution in [2.75, 3.05) is 5.32 Å². The molecule has 0 saturated heterocycles. The Morgan fingerprint density at radius 2 is 2.00 bits per heavy atom. The zero-order chi connectivity index (χ0) is 13.6. The molecule has 0 aliphatic heterocycles. The lowest BCUT2D eigenvalue weighted by atomic mass is 9.45. The minimum atomic E-state index is 0.520. The lowest BCUT2D eigenvalue weighted by Crippen LogP contribution is -2.58. The van der Waals surface area contributed by atoms with E-state index in [1.165, 1.54) is 12.8 Å². The van der Waals surface area contributed by atoms with Gasteiger partial charge in [0.2, 0.25) is 0 Å². The Bertz CT molecular complexity index is 526. The van der Waals surface area contributed by atoms with E-state index in [1.54, 1.807) is 0 Å². The van der Waals surface area contributed by atoms with Crippen LogP contribution in [0.5, 0.6) is 0 Å². The molecule has 0 heterocycles. The van der Waals surface area contributed by atoms with E-state index in [-0.39, 0.29) is 0 Å². The molecule has 4 rings (SSSR count). The van der Waals surface area contributed by atoms with Gasteiger partial charge in [-0.2, -0.15) is 5.26 Å². The molecule has 3 saturated carbocycles. The molecule has 1 N–H and O–H groups in total. The number of fused-ring (bicyclic) bond motifs is 2. The van der Waals surface area contributed by atoms with Crippen molar-refractivity contribution in [3.05, 3.63) is 29.8 Å². The van der Waals surface area contributed by atoms with Crippen molar-refractivity contribution in [3.8, 4) is 6.07 Å². The second-order valence-electron chi connectivity index (χ2n) is 6.86. The fourth-order valence-corrected chi connectivity index (χ4v) is 4.25. The summed E-state index contributed by atoms with van der Waals surface area (Å²) in [7, 11) is 0. The van der Waals surface area contributed by atoms with E-state index >= 15 is 0 Å². The Morgan fingerprint density at radius 1 is 1.26 bits per heavy atom. The second kappa shape index (κ2) is 4.27. The van der Waals surface area contributed by atoms with E-state index in [1.807, 2.05) is 24.3 Å². The molecule has 4 atom stereocenters. The Morgan fingerprint density at radius 3 is 2.63 bits per heavy atom. The second-order valence-corrected chi connectivity index (χ2v) is 6.86. The molecule has 0 unspecified atom stereocenters. The van der Waals surface area contributed by atoms with Gasteiger partial charge in [0.15, 0.2) is 0 Å². The first-order valence-corrected chi connectivity index (χ1v) is 7.29. The van der Waals surface area contributed by atoms with Crippen LogP contribution >= 0.6 is 0 Å². The average molecular weight is 254 g/mol. The maximum Gasteiger partial charge on any atom is 0.101 e. The van der Waals surface area contributed by atoms with Gasteiger partial charge >= 0.3 is 0 Å². The first-order valence-electron chi connectivity index (χ1n) is 7.29. The van der Waals surface area contributed by atoms with Crippen LogP contribution < -0.4 is 5.32 Å². The van der Waals surface area contributed by atoms with Gasteiger partial charge in [-0.05, 0) is 48.1 Å². The summed E-state index contributed by atoms with van der Waals surface area (Å²) in [5.74, 6) is 2.37. The van der Waals surface area contributed by atoms with Gasteiger partial charge in [0.05, 0.1) is 11.3 Å². The highest BCUT2D eigenvalue weighted by atomic mass is 14.9. The summed E-state index contributed by atoms with van der Waals surface area (Å²) in [4.78, 5) is 0. The number of nitriles is 1. The molecule has 1 aromatic carbocycles. The van der Waals surface area contributed by atoms with Crippen LogP contribution in [-0.4, -0.2) is 6.04 Å². The van der Waals surface area contributed by atoms with Gasteiger partial charge in [0, 0.05) is 6.04 Å². The summed E-state index contributed by atoms with van der Waals surface area (Å²) >= 11 is 0. The Kier molecular flexibility index (Phi) is 2.82. The molecular formula is C17H22N2. The Balaban J connectivity index is 1.77. The van der Waals surface area contributed by atoms with Crippen LogP contribution in [0, 0.1) is 34.5 Å². The minimum absolute atomic E-state index is 0.520. The van der Waals surface area contributed by atoms with Crippen molar-refractivity contribution < 1.29 is 0 Å². The van der Waals surface area contributed by atoms with Crippen LogP contribution in [0.15, 0.2) is 24.3 Å². The third-order valence-corrected chi connectivity index (χ3v) is 5.74. The molecule has 100 valence electrons. The highest BCUT2D eigenvalue weighted by Gasteiger charge is 2.56. The van der Waals surface area contributed by atoms with Crippen molar-refractivity contribution in [2.45, 2.75) is 39.7 Å². The van der Waals surface area contributed by atoms with Crippen LogP contribution in [0.25, 0.3) is 0 Å². The normalized spacial score (nSPS) is 35.1. The molecule has 3 aliphatic rings. The molecule has 3 aliphatic carbocycles. The number of para-hydroxylation sites is 1. The number of nitrogens with zero attached hydrogens (tertiary/aromatic N) is 1. The fraction of sp³-hybridized carbons (Fsp3) is 0.588. The van der Waals surface area contributed by atoms with Gasteiger partial charge in [-0.15, -0.1) is 0 Å². The molecule has 2 heteroatoms. The van der Waals surface area contributed by atoms with E-state index in [0.717, 1.165) is 23.1 Å². The number of hydrogen-bond donors (Lipinski definition) is 1. The zero-order valence-electron chi connectivity index (χ0n) is 12.0. The third-order valence-electron chi connectivity index (χ3n) is 5.74. The van der Waals surface area contributed by atoms with Gasteiger partial charge in [0.25, 0.3) is 0 Å². The van der Waals surface area contributed by atoms with Crippen molar-refractivity contribution in [1.29, 1.82) is 5.26 Å². The summed E-state index contributed by atoms with van der Waals surface area (Å²) in [6, 6.07) is 10.6.